The zero-order chi connectivity index (χ0) is 14.1. The first-order chi connectivity index (χ1) is 9.70. The topological polar surface area (TPSA) is 51.8 Å². The summed E-state index contributed by atoms with van der Waals surface area (Å²) in [7, 11) is 0. The molecule has 0 saturated heterocycles. The van der Waals surface area contributed by atoms with Gasteiger partial charge in [0.15, 0.2) is 0 Å². The van der Waals surface area contributed by atoms with E-state index in [4.69, 9.17) is 15.7 Å². The predicted octanol–water partition coefficient (Wildman–Crippen LogP) is 2.67. The third-order valence-corrected chi connectivity index (χ3v) is 4.24. The zero-order valence-electron chi connectivity index (χ0n) is 12.2. The van der Waals surface area contributed by atoms with E-state index in [1.54, 1.807) is 0 Å². The van der Waals surface area contributed by atoms with Crippen LogP contribution in [0.1, 0.15) is 46.2 Å². The van der Waals surface area contributed by atoms with E-state index in [1.807, 2.05) is 0 Å². The first kappa shape index (κ1) is 13.3. The van der Waals surface area contributed by atoms with Gasteiger partial charge in [0.1, 0.15) is 5.82 Å². The van der Waals surface area contributed by atoms with Gasteiger partial charge in [-0.2, -0.15) is 0 Å². The number of rotatable bonds is 4. The molecule has 1 atom stereocenters. The number of aryl methyl sites for hydroxylation is 2. The van der Waals surface area contributed by atoms with Gasteiger partial charge in [-0.25, -0.2) is 9.97 Å². The lowest BCUT2D eigenvalue weighted by molar-refractivity contribution is 0.647. The van der Waals surface area contributed by atoms with Crippen molar-refractivity contribution in [2.24, 2.45) is 5.73 Å². The van der Waals surface area contributed by atoms with Crippen LogP contribution in [0.15, 0.2) is 24.3 Å². The van der Waals surface area contributed by atoms with Crippen LogP contribution in [-0.2, 0) is 12.8 Å². The fourth-order valence-corrected chi connectivity index (χ4v) is 3.05. The Balaban J connectivity index is 1.90. The van der Waals surface area contributed by atoms with Gasteiger partial charge < -0.3 is 5.73 Å². The Labute approximate surface area is 120 Å². The highest BCUT2D eigenvalue weighted by Gasteiger charge is 2.29. The average molecular weight is 267 g/mol. The minimum Gasteiger partial charge on any atom is -0.330 e. The van der Waals surface area contributed by atoms with E-state index in [2.05, 4.69) is 38.1 Å². The van der Waals surface area contributed by atoms with E-state index < -0.39 is 0 Å². The van der Waals surface area contributed by atoms with Crippen molar-refractivity contribution < 1.29 is 0 Å². The molecule has 3 rings (SSSR count). The van der Waals surface area contributed by atoms with Gasteiger partial charge in [-0.3, -0.25) is 0 Å². The number of nitrogens with zero attached hydrogens (tertiary/aromatic N) is 2. The average Bonchev–Trinajstić information content (AvgIpc) is 2.39. The molecule has 0 aliphatic heterocycles. The molecule has 0 fully saturated rings. The van der Waals surface area contributed by atoms with E-state index in [9.17, 15) is 0 Å². The van der Waals surface area contributed by atoms with E-state index in [1.165, 1.54) is 16.7 Å². The van der Waals surface area contributed by atoms with Crippen LogP contribution in [0, 0.1) is 13.8 Å². The first-order valence-corrected chi connectivity index (χ1v) is 7.32. The third-order valence-electron chi connectivity index (χ3n) is 4.24. The molecule has 1 heterocycles. The summed E-state index contributed by atoms with van der Waals surface area (Å²) in [5.41, 5.74) is 11.9. The molecule has 1 aromatic heterocycles. The van der Waals surface area contributed by atoms with Crippen LogP contribution in [0.25, 0.3) is 0 Å². The van der Waals surface area contributed by atoms with E-state index in [-0.39, 0.29) is 0 Å². The lowest BCUT2D eigenvalue weighted by Crippen LogP contribution is -2.21. The molecule has 3 heteroatoms. The van der Waals surface area contributed by atoms with Gasteiger partial charge in [0.25, 0.3) is 0 Å². The molecule has 0 saturated carbocycles. The highest BCUT2D eigenvalue weighted by Crippen LogP contribution is 2.38. The molecule has 0 spiro atoms. The quantitative estimate of drug-likeness (QED) is 0.926. The van der Waals surface area contributed by atoms with Crippen molar-refractivity contribution >= 4 is 0 Å². The summed E-state index contributed by atoms with van der Waals surface area (Å²) in [6, 6.07) is 8.59. The van der Waals surface area contributed by atoms with Crippen LogP contribution in [0.5, 0.6) is 0 Å². The maximum atomic E-state index is 5.60. The fraction of sp³-hybridized carbons (Fsp3) is 0.412. The Hall–Kier alpha value is -1.74. The van der Waals surface area contributed by atoms with Gasteiger partial charge in [-0.1, -0.05) is 24.3 Å². The third kappa shape index (κ3) is 2.22. The van der Waals surface area contributed by atoms with Crippen molar-refractivity contribution in [3.05, 3.63) is 58.2 Å². The van der Waals surface area contributed by atoms with E-state index in [0.717, 1.165) is 43.0 Å². The van der Waals surface area contributed by atoms with Gasteiger partial charge in [0.2, 0.25) is 0 Å². The van der Waals surface area contributed by atoms with Gasteiger partial charge in [-0.05, 0) is 56.3 Å². The predicted molar refractivity (Wildman–Crippen MR) is 80.9 cm³/mol. The molecule has 20 heavy (non-hydrogen) atoms. The van der Waals surface area contributed by atoms with E-state index in [0.29, 0.717) is 5.92 Å². The van der Waals surface area contributed by atoms with Gasteiger partial charge in [-0.15, -0.1) is 0 Å². The number of nitrogens with two attached hydrogens (primary N) is 1. The molecule has 3 nitrogen and oxygen atoms in total. The first-order valence-electron chi connectivity index (χ1n) is 7.32. The van der Waals surface area contributed by atoms with Crippen LogP contribution in [0.2, 0.25) is 0 Å². The lowest BCUT2D eigenvalue weighted by Gasteiger charge is -2.29. The maximum Gasteiger partial charge on any atom is 0.136 e. The molecular formula is C17H21N3. The van der Waals surface area contributed by atoms with Crippen LogP contribution in [0.3, 0.4) is 0 Å². The fourth-order valence-electron chi connectivity index (χ4n) is 3.05. The molecule has 2 N–H and O–H groups in total. The number of benzene rings is 1. The SMILES string of the molecule is Cc1nc(C2Cc3ccccc32)nc(C)c1CCCN. The summed E-state index contributed by atoms with van der Waals surface area (Å²) in [5, 5.41) is 0. The minimum atomic E-state index is 0.382. The molecule has 0 radical (unpaired) electrons. The molecule has 1 aliphatic carbocycles. The van der Waals surface area contributed by atoms with Crippen LogP contribution >= 0.6 is 0 Å². The van der Waals surface area contributed by atoms with Crippen molar-refractivity contribution in [1.82, 2.24) is 9.97 Å². The zero-order valence-corrected chi connectivity index (χ0v) is 12.2. The second-order valence-electron chi connectivity index (χ2n) is 5.58. The molecule has 1 unspecified atom stereocenters. The Kier molecular flexibility index (Phi) is 3.53. The van der Waals surface area contributed by atoms with Gasteiger partial charge >= 0.3 is 0 Å². The smallest absolute Gasteiger partial charge is 0.136 e. The van der Waals surface area contributed by atoms with Gasteiger partial charge in [0.05, 0.1) is 0 Å². The summed E-state index contributed by atoms with van der Waals surface area (Å²) >= 11 is 0. The summed E-state index contributed by atoms with van der Waals surface area (Å²) in [5.74, 6) is 1.36. The number of hydrogen-bond acceptors (Lipinski definition) is 3. The summed E-state index contributed by atoms with van der Waals surface area (Å²) in [4.78, 5) is 9.51. The molecule has 0 bridgehead atoms. The van der Waals surface area contributed by atoms with Crippen molar-refractivity contribution in [3.8, 4) is 0 Å². The van der Waals surface area contributed by atoms with Crippen LogP contribution in [0.4, 0.5) is 0 Å². The molecule has 1 aliphatic rings. The Bertz CT molecular complexity index is 611. The van der Waals surface area contributed by atoms with Crippen molar-refractivity contribution in [3.63, 3.8) is 0 Å². The van der Waals surface area contributed by atoms with Crippen LogP contribution < -0.4 is 5.73 Å². The number of hydrogen-bond donors (Lipinski definition) is 1. The Morgan fingerprint density at radius 3 is 2.50 bits per heavy atom. The largest absolute Gasteiger partial charge is 0.330 e. The summed E-state index contributed by atoms with van der Waals surface area (Å²) in [6.07, 6.45) is 3.05. The second kappa shape index (κ2) is 5.33. The summed E-state index contributed by atoms with van der Waals surface area (Å²) < 4.78 is 0. The molecular weight excluding hydrogens is 246 g/mol. The summed E-state index contributed by atoms with van der Waals surface area (Å²) in [6.45, 7) is 4.90. The molecule has 0 amide bonds. The standard InChI is InChI=1S/C17H21N3/c1-11-14(8-5-9-18)12(2)20-17(19-11)16-10-13-6-3-4-7-15(13)16/h3-4,6-7,16H,5,8-10,18H2,1-2H3. The van der Waals surface area contributed by atoms with Crippen molar-refractivity contribution in [2.75, 3.05) is 6.54 Å². The highest BCUT2D eigenvalue weighted by atomic mass is 14.9. The Morgan fingerprint density at radius 1 is 1.15 bits per heavy atom. The maximum absolute atomic E-state index is 5.60. The second-order valence-corrected chi connectivity index (χ2v) is 5.58. The van der Waals surface area contributed by atoms with Gasteiger partial charge in [0, 0.05) is 17.3 Å². The van der Waals surface area contributed by atoms with Crippen LogP contribution in [-0.4, -0.2) is 16.5 Å². The van der Waals surface area contributed by atoms with Crippen molar-refractivity contribution in [2.45, 2.75) is 39.0 Å². The highest BCUT2D eigenvalue weighted by molar-refractivity contribution is 5.44. The van der Waals surface area contributed by atoms with Crippen molar-refractivity contribution in [1.29, 1.82) is 0 Å². The number of fused-ring (bicyclic) bond motifs is 1. The monoisotopic (exact) mass is 267 g/mol. The van der Waals surface area contributed by atoms with E-state index >= 15 is 0 Å². The lowest BCUT2D eigenvalue weighted by atomic mass is 9.77. The molecule has 2 aromatic rings. The molecule has 104 valence electrons. The number of aromatic nitrogens is 2. The Morgan fingerprint density at radius 2 is 1.85 bits per heavy atom. The minimum absolute atomic E-state index is 0.382. The normalized spacial score (nSPS) is 16.6. The molecule has 1 aromatic carbocycles.